The topological polar surface area (TPSA) is 97.8 Å². The van der Waals surface area contributed by atoms with Crippen molar-refractivity contribution in [3.05, 3.63) is 42.1 Å². The van der Waals surface area contributed by atoms with Crippen LogP contribution >= 0.6 is 0 Å². The first-order valence-electron chi connectivity index (χ1n) is 5.31. The standard InChI is InChI=1S/C12H14N4O/c13-10(6-11(14)17)9-7-15-16-12(9)8-4-2-1-3-5-8/h1-5,7,10H,6,13H2,(H2,14,17)(H,15,16). The molecule has 0 bridgehead atoms. The summed E-state index contributed by atoms with van der Waals surface area (Å²) in [5.41, 5.74) is 13.7. The molecule has 0 aliphatic carbocycles. The van der Waals surface area contributed by atoms with E-state index in [0.29, 0.717) is 0 Å². The van der Waals surface area contributed by atoms with Gasteiger partial charge < -0.3 is 11.5 Å². The van der Waals surface area contributed by atoms with E-state index in [0.717, 1.165) is 16.8 Å². The van der Waals surface area contributed by atoms with Crippen molar-refractivity contribution in [3.8, 4) is 11.3 Å². The van der Waals surface area contributed by atoms with E-state index in [2.05, 4.69) is 10.2 Å². The first-order valence-corrected chi connectivity index (χ1v) is 5.31. The summed E-state index contributed by atoms with van der Waals surface area (Å²) in [4.78, 5) is 10.9. The Labute approximate surface area is 98.8 Å². The number of nitrogens with zero attached hydrogens (tertiary/aromatic N) is 1. The Kier molecular flexibility index (Phi) is 3.20. The van der Waals surface area contributed by atoms with Crippen LogP contribution < -0.4 is 11.5 Å². The van der Waals surface area contributed by atoms with Gasteiger partial charge in [-0.1, -0.05) is 30.3 Å². The van der Waals surface area contributed by atoms with Crippen LogP contribution in [0, 0.1) is 0 Å². The van der Waals surface area contributed by atoms with Gasteiger partial charge >= 0.3 is 0 Å². The fraction of sp³-hybridized carbons (Fsp3) is 0.167. The van der Waals surface area contributed by atoms with Gasteiger partial charge in [0.1, 0.15) is 0 Å². The van der Waals surface area contributed by atoms with Crippen LogP contribution in [0.4, 0.5) is 0 Å². The molecule has 5 heteroatoms. The van der Waals surface area contributed by atoms with Crippen LogP contribution in [0.15, 0.2) is 36.5 Å². The van der Waals surface area contributed by atoms with Crippen LogP contribution in [0.25, 0.3) is 11.3 Å². The van der Waals surface area contributed by atoms with E-state index in [1.807, 2.05) is 30.3 Å². The fourth-order valence-electron chi connectivity index (χ4n) is 1.74. The van der Waals surface area contributed by atoms with E-state index < -0.39 is 11.9 Å². The second-order valence-electron chi connectivity index (χ2n) is 3.84. The molecule has 1 aromatic carbocycles. The Bertz CT molecular complexity index is 506. The molecule has 0 radical (unpaired) electrons. The average Bonchev–Trinajstić information content (AvgIpc) is 2.78. The van der Waals surface area contributed by atoms with Crippen molar-refractivity contribution >= 4 is 5.91 Å². The third-order valence-electron chi connectivity index (χ3n) is 2.55. The van der Waals surface area contributed by atoms with Crippen LogP contribution in [-0.4, -0.2) is 16.1 Å². The van der Waals surface area contributed by atoms with Crippen LogP contribution in [0.2, 0.25) is 0 Å². The Morgan fingerprint density at radius 1 is 1.35 bits per heavy atom. The highest BCUT2D eigenvalue weighted by atomic mass is 16.1. The van der Waals surface area contributed by atoms with Gasteiger partial charge in [-0.2, -0.15) is 5.10 Å². The number of rotatable bonds is 4. The zero-order chi connectivity index (χ0) is 12.3. The number of aromatic amines is 1. The van der Waals surface area contributed by atoms with Crippen LogP contribution in [0.5, 0.6) is 0 Å². The predicted octanol–water partition coefficient (Wildman–Crippen LogP) is 0.952. The molecule has 0 aliphatic heterocycles. The van der Waals surface area contributed by atoms with Crippen molar-refractivity contribution in [3.63, 3.8) is 0 Å². The number of aromatic nitrogens is 2. The van der Waals surface area contributed by atoms with Gasteiger partial charge in [-0.15, -0.1) is 0 Å². The summed E-state index contributed by atoms with van der Waals surface area (Å²) in [5, 5.41) is 6.86. The fourth-order valence-corrected chi connectivity index (χ4v) is 1.74. The van der Waals surface area contributed by atoms with Gasteiger partial charge in [0.25, 0.3) is 0 Å². The molecule has 0 fully saturated rings. The van der Waals surface area contributed by atoms with E-state index in [-0.39, 0.29) is 6.42 Å². The highest BCUT2D eigenvalue weighted by molar-refractivity contribution is 5.75. The number of hydrogen-bond acceptors (Lipinski definition) is 3. The second kappa shape index (κ2) is 4.80. The molecule has 1 heterocycles. The molecule has 1 aromatic heterocycles. The number of carbonyl (C=O) groups excluding carboxylic acids is 1. The number of H-pyrrole nitrogens is 1. The van der Waals surface area contributed by atoms with E-state index in [1.165, 1.54) is 0 Å². The zero-order valence-corrected chi connectivity index (χ0v) is 9.26. The second-order valence-corrected chi connectivity index (χ2v) is 3.84. The lowest BCUT2D eigenvalue weighted by atomic mass is 10.0. The van der Waals surface area contributed by atoms with Crippen molar-refractivity contribution in [2.45, 2.75) is 12.5 Å². The molecule has 1 atom stereocenters. The van der Waals surface area contributed by atoms with Gasteiger partial charge in [0.05, 0.1) is 11.9 Å². The Balaban J connectivity index is 2.32. The SMILES string of the molecule is NC(=O)CC(N)c1cn[nH]c1-c1ccccc1. The number of primary amides is 1. The summed E-state index contributed by atoms with van der Waals surface area (Å²) < 4.78 is 0. The number of benzene rings is 1. The van der Waals surface area contributed by atoms with Crippen molar-refractivity contribution in [2.24, 2.45) is 11.5 Å². The Morgan fingerprint density at radius 2 is 2.06 bits per heavy atom. The number of amides is 1. The van der Waals surface area contributed by atoms with Crippen molar-refractivity contribution in [1.82, 2.24) is 10.2 Å². The molecule has 17 heavy (non-hydrogen) atoms. The minimum Gasteiger partial charge on any atom is -0.370 e. The molecule has 0 spiro atoms. The highest BCUT2D eigenvalue weighted by Crippen LogP contribution is 2.25. The molecule has 0 aliphatic rings. The van der Waals surface area contributed by atoms with Crippen molar-refractivity contribution in [2.75, 3.05) is 0 Å². The summed E-state index contributed by atoms with van der Waals surface area (Å²) in [6.45, 7) is 0. The molecule has 2 aromatic rings. The normalized spacial score (nSPS) is 12.3. The van der Waals surface area contributed by atoms with E-state index in [4.69, 9.17) is 11.5 Å². The molecule has 1 amide bonds. The molecule has 5 N–H and O–H groups in total. The first-order chi connectivity index (χ1) is 8.18. The largest absolute Gasteiger partial charge is 0.370 e. The minimum absolute atomic E-state index is 0.110. The van der Waals surface area contributed by atoms with Gasteiger partial charge in [-0.05, 0) is 5.56 Å². The predicted molar refractivity (Wildman–Crippen MR) is 64.8 cm³/mol. The highest BCUT2D eigenvalue weighted by Gasteiger charge is 2.16. The monoisotopic (exact) mass is 230 g/mol. The van der Waals surface area contributed by atoms with E-state index in [1.54, 1.807) is 6.20 Å². The van der Waals surface area contributed by atoms with Gasteiger partial charge in [-0.25, -0.2) is 0 Å². The lowest BCUT2D eigenvalue weighted by molar-refractivity contribution is -0.118. The lowest BCUT2D eigenvalue weighted by Crippen LogP contribution is -2.20. The Morgan fingerprint density at radius 3 is 2.71 bits per heavy atom. The van der Waals surface area contributed by atoms with Crippen molar-refractivity contribution in [1.29, 1.82) is 0 Å². The quantitative estimate of drug-likeness (QED) is 0.729. The molecule has 0 saturated carbocycles. The molecule has 5 nitrogen and oxygen atoms in total. The molecular weight excluding hydrogens is 216 g/mol. The zero-order valence-electron chi connectivity index (χ0n) is 9.26. The van der Waals surface area contributed by atoms with Gasteiger partial charge in [0.2, 0.25) is 5.91 Å². The number of carbonyl (C=O) groups is 1. The summed E-state index contributed by atoms with van der Waals surface area (Å²) >= 11 is 0. The summed E-state index contributed by atoms with van der Waals surface area (Å²) in [6, 6.07) is 9.27. The summed E-state index contributed by atoms with van der Waals surface area (Å²) in [6.07, 6.45) is 1.75. The maximum Gasteiger partial charge on any atom is 0.219 e. The van der Waals surface area contributed by atoms with E-state index >= 15 is 0 Å². The van der Waals surface area contributed by atoms with Gasteiger partial charge in [0, 0.05) is 18.0 Å². The smallest absolute Gasteiger partial charge is 0.219 e. The summed E-state index contributed by atoms with van der Waals surface area (Å²) in [7, 11) is 0. The third-order valence-corrected chi connectivity index (χ3v) is 2.55. The lowest BCUT2D eigenvalue weighted by Gasteiger charge is -2.09. The third kappa shape index (κ3) is 2.51. The maximum absolute atomic E-state index is 10.9. The average molecular weight is 230 g/mol. The molecule has 88 valence electrons. The molecule has 1 unspecified atom stereocenters. The van der Waals surface area contributed by atoms with E-state index in [9.17, 15) is 4.79 Å². The molecular formula is C12H14N4O. The van der Waals surface area contributed by atoms with Gasteiger partial charge in [0.15, 0.2) is 0 Å². The number of hydrogen-bond donors (Lipinski definition) is 3. The van der Waals surface area contributed by atoms with Gasteiger partial charge in [-0.3, -0.25) is 9.89 Å². The molecule has 0 saturated heterocycles. The van der Waals surface area contributed by atoms with Crippen molar-refractivity contribution < 1.29 is 4.79 Å². The first kappa shape index (κ1) is 11.3. The number of nitrogens with two attached hydrogens (primary N) is 2. The summed E-state index contributed by atoms with van der Waals surface area (Å²) in [5.74, 6) is -0.419. The Hall–Kier alpha value is -2.14. The maximum atomic E-state index is 10.9. The number of nitrogens with one attached hydrogen (secondary N) is 1. The molecule has 2 rings (SSSR count). The minimum atomic E-state index is -0.429. The van der Waals surface area contributed by atoms with Crippen LogP contribution in [0.1, 0.15) is 18.0 Å². The van der Waals surface area contributed by atoms with Crippen LogP contribution in [-0.2, 0) is 4.79 Å². The van der Waals surface area contributed by atoms with Crippen LogP contribution in [0.3, 0.4) is 0 Å².